The predicted octanol–water partition coefficient (Wildman–Crippen LogP) is 5.64. The maximum atomic E-state index is 15.7. The van der Waals surface area contributed by atoms with Crippen LogP contribution < -0.4 is 5.19 Å². The third-order valence-corrected chi connectivity index (χ3v) is 15.7. The highest BCUT2D eigenvalue weighted by Gasteiger charge is 2.63. The van der Waals surface area contributed by atoms with E-state index in [1.54, 1.807) is 44.2 Å². The molecular formula is C18H32F2N2Si2. The van der Waals surface area contributed by atoms with Crippen LogP contribution in [0.15, 0.2) is 35.4 Å². The molecule has 0 fully saturated rings. The van der Waals surface area contributed by atoms with E-state index in [0.29, 0.717) is 5.71 Å². The fourth-order valence-corrected chi connectivity index (χ4v) is 12.9. The van der Waals surface area contributed by atoms with Crippen LogP contribution in [0.5, 0.6) is 0 Å². The molecule has 0 bridgehead atoms. The van der Waals surface area contributed by atoms with Gasteiger partial charge in [-0.3, -0.25) is 4.34 Å². The van der Waals surface area contributed by atoms with Crippen molar-refractivity contribution in [2.45, 2.75) is 72.0 Å². The molecule has 0 radical (unpaired) electrons. The summed E-state index contributed by atoms with van der Waals surface area (Å²) >= 11 is 0. The highest BCUT2D eigenvalue weighted by Crippen LogP contribution is 2.54. The van der Waals surface area contributed by atoms with Crippen LogP contribution in [-0.4, -0.2) is 27.2 Å². The first-order valence-electron chi connectivity index (χ1n) is 8.41. The average molecular weight is 371 g/mol. The minimum Gasteiger partial charge on any atom is -0.293 e. The van der Waals surface area contributed by atoms with Crippen LogP contribution in [0.4, 0.5) is 8.22 Å². The molecule has 1 rings (SSSR count). The summed E-state index contributed by atoms with van der Waals surface area (Å²) in [6, 6.07) is 8.23. The standard InChI is InChI=1S/C18H32F2N2Si2/c1-15(2)21-22(23(9,17(3,4)5)18(6,7)8)24(19,20)16-13-11-10-12-14-16/h10-14H,1-9H3. The number of rotatable bonds is 4. The summed E-state index contributed by atoms with van der Waals surface area (Å²) in [4.78, 5) is 0. The Morgan fingerprint density at radius 3 is 1.67 bits per heavy atom. The van der Waals surface area contributed by atoms with Gasteiger partial charge in [0.1, 0.15) is 0 Å². The number of nitrogens with zero attached hydrogens (tertiary/aromatic N) is 2. The van der Waals surface area contributed by atoms with Gasteiger partial charge in [-0.25, -0.2) is 13.3 Å². The molecule has 2 nitrogen and oxygen atoms in total. The van der Waals surface area contributed by atoms with E-state index in [1.807, 2.05) is 0 Å². The fraction of sp³-hybridized carbons (Fsp3) is 0.611. The Balaban J connectivity index is 3.71. The minimum absolute atomic E-state index is 0.127. The summed E-state index contributed by atoms with van der Waals surface area (Å²) in [5.74, 6) is 0. The van der Waals surface area contributed by atoms with Crippen molar-refractivity contribution < 1.29 is 8.22 Å². The fourth-order valence-electron chi connectivity index (χ4n) is 3.17. The van der Waals surface area contributed by atoms with Crippen LogP contribution in [-0.2, 0) is 0 Å². The van der Waals surface area contributed by atoms with Crippen molar-refractivity contribution >= 4 is 28.0 Å². The van der Waals surface area contributed by atoms with Gasteiger partial charge >= 0.3 is 8.90 Å². The average Bonchev–Trinajstić information content (AvgIpc) is 2.42. The zero-order valence-electron chi connectivity index (χ0n) is 16.5. The predicted molar refractivity (Wildman–Crippen MR) is 106 cm³/mol. The lowest BCUT2D eigenvalue weighted by Crippen LogP contribution is -2.71. The van der Waals surface area contributed by atoms with E-state index in [4.69, 9.17) is 0 Å². The molecule has 0 N–H and O–H groups in total. The second-order valence-corrected chi connectivity index (χ2v) is 16.9. The van der Waals surface area contributed by atoms with E-state index in [-0.39, 0.29) is 15.3 Å². The Morgan fingerprint density at radius 2 is 1.33 bits per heavy atom. The van der Waals surface area contributed by atoms with E-state index >= 15 is 8.22 Å². The summed E-state index contributed by atoms with van der Waals surface area (Å²) in [7, 11) is -7.62. The molecule has 6 heteroatoms. The normalized spacial score (nSPS) is 13.6. The lowest BCUT2D eigenvalue weighted by Gasteiger charge is -2.55. The quantitative estimate of drug-likeness (QED) is 0.290. The minimum atomic E-state index is -4.92. The molecule has 0 unspecified atom stereocenters. The van der Waals surface area contributed by atoms with E-state index in [2.05, 4.69) is 53.2 Å². The lowest BCUT2D eigenvalue weighted by atomic mass is 10.2. The van der Waals surface area contributed by atoms with Gasteiger partial charge in [0, 0.05) is 10.9 Å². The topological polar surface area (TPSA) is 15.6 Å². The van der Waals surface area contributed by atoms with Gasteiger partial charge in [-0.1, -0.05) is 71.9 Å². The molecule has 0 heterocycles. The third kappa shape index (κ3) is 3.80. The molecule has 0 aliphatic heterocycles. The molecule has 1 aromatic carbocycles. The van der Waals surface area contributed by atoms with Crippen molar-refractivity contribution in [3.63, 3.8) is 0 Å². The highest BCUT2D eigenvalue weighted by molar-refractivity contribution is 6.94. The van der Waals surface area contributed by atoms with Gasteiger partial charge in [-0.2, -0.15) is 0 Å². The number of halogens is 2. The molecule has 0 saturated heterocycles. The molecule has 136 valence electrons. The molecule has 24 heavy (non-hydrogen) atoms. The van der Waals surface area contributed by atoms with Gasteiger partial charge in [0.25, 0.3) is 0 Å². The first-order valence-corrected chi connectivity index (χ1v) is 12.6. The van der Waals surface area contributed by atoms with Crippen molar-refractivity contribution in [1.29, 1.82) is 0 Å². The molecule has 0 spiro atoms. The van der Waals surface area contributed by atoms with Crippen LogP contribution in [0, 0.1) is 0 Å². The Hall–Kier alpha value is -1.02. The monoisotopic (exact) mass is 370 g/mol. The maximum absolute atomic E-state index is 15.7. The maximum Gasteiger partial charge on any atom is 0.579 e. The Bertz CT molecular complexity index is 569. The largest absolute Gasteiger partial charge is 0.579 e. The van der Waals surface area contributed by atoms with Crippen LogP contribution in [0.25, 0.3) is 0 Å². The molecule has 0 aliphatic rings. The van der Waals surface area contributed by atoms with Gasteiger partial charge in [0.15, 0.2) is 8.24 Å². The summed E-state index contributed by atoms with van der Waals surface area (Å²) in [5.41, 5.74) is 0.672. The van der Waals surface area contributed by atoms with Crippen molar-refractivity contribution in [1.82, 2.24) is 4.34 Å². The molecule has 0 saturated carbocycles. The summed E-state index contributed by atoms with van der Waals surface area (Å²) in [6.45, 7) is 18.1. The SMILES string of the molecule is CC(C)=NN([Si](F)(F)c1ccccc1)[Si](C)(C(C)(C)C)C(C)(C)C. The molecule has 1 aromatic rings. The molecule has 0 aliphatic carbocycles. The van der Waals surface area contributed by atoms with Gasteiger partial charge in [-0.05, 0) is 30.5 Å². The first kappa shape index (κ1) is 21.0. The van der Waals surface area contributed by atoms with E-state index < -0.39 is 17.1 Å². The van der Waals surface area contributed by atoms with Crippen LogP contribution in [0.2, 0.25) is 16.6 Å². The van der Waals surface area contributed by atoms with Gasteiger partial charge in [0.2, 0.25) is 0 Å². The van der Waals surface area contributed by atoms with E-state index in [0.717, 1.165) is 0 Å². The van der Waals surface area contributed by atoms with Crippen molar-refractivity contribution in [3.8, 4) is 0 Å². The Morgan fingerprint density at radius 1 is 0.917 bits per heavy atom. The lowest BCUT2D eigenvalue weighted by molar-refractivity contribution is 0.423. The molecule has 0 aromatic heterocycles. The number of hydrogen-bond acceptors (Lipinski definition) is 2. The first-order chi connectivity index (χ1) is 10.7. The summed E-state index contributed by atoms with van der Waals surface area (Å²) < 4.78 is 32.8. The zero-order chi connectivity index (χ0) is 19.0. The third-order valence-electron chi connectivity index (χ3n) is 5.03. The van der Waals surface area contributed by atoms with E-state index in [9.17, 15) is 0 Å². The Labute approximate surface area is 148 Å². The molecular weight excluding hydrogens is 338 g/mol. The van der Waals surface area contributed by atoms with Crippen molar-refractivity contribution in [3.05, 3.63) is 30.3 Å². The molecule has 0 amide bonds. The van der Waals surface area contributed by atoms with Gasteiger partial charge < -0.3 is 0 Å². The second-order valence-electron chi connectivity index (χ2n) is 8.84. The smallest absolute Gasteiger partial charge is 0.293 e. The van der Waals surface area contributed by atoms with Crippen LogP contribution in [0.3, 0.4) is 0 Å². The Kier molecular flexibility index (Phi) is 5.88. The number of hydrazone groups is 1. The van der Waals surface area contributed by atoms with Crippen molar-refractivity contribution in [2.75, 3.05) is 0 Å². The number of benzene rings is 1. The van der Waals surface area contributed by atoms with Gasteiger partial charge in [0.05, 0.1) is 0 Å². The van der Waals surface area contributed by atoms with Crippen molar-refractivity contribution in [2.24, 2.45) is 5.10 Å². The number of hydrogen-bond donors (Lipinski definition) is 0. The second kappa shape index (κ2) is 6.71. The van der Waals surface area contributed by atoms with Gasteiger partial charge in [-0.15, -0.1) is 0 Å². The summed E-state index contributed by atoms with van der Waals surface area (Å²) in [5, 5.41) is 4.07. The van der Waals surface area contributed by atoms with E-state index in [1.165, 1.54) is 4.34 Å². The zero-order valence-corrected chi connectivity index (χ0v) is 18.5. The van der Waals surface area contributed by atoms with Crippen LogP contribution in [0.1, 0.15) is 55.4 Å². The van der Waals surface area contributed by atoms with Crippen LogP contribution >= 0.6 is 0 Å². The highest BCUT2D eigenvalue weighted by atomic mass is 28.5. The molecule has 0 atom stereocenters. The summed E-state index contributed by atoms with van der Waals surface area (Å²) in [6.07, 6.45) is 0.